The summed E-state index contributed by atoms with van der Waals surface area (Å²) in [5, 5.41) is 1.16. The van der Waals surface area contributed by atoms with E-state index in [9.17, 15) is 0 Å². The Hall–Kier alpha value is -1.89. The zero-order valence-corrected chi connectivity index (χ0v) is 9.75. The van der Waals surface area contributed by atoms with Crippen LogP contribution >= 0.6 is 0 Å². The molecule has 0 aliphatic heterocycles. The number of fused-ring (bicyclic) bond motifs is 1. The monoisotopic (exact) mass is 209 g/mol. The molecule has 1 heteroatoms. The number of aromatic nitrogens is 1. The van der Waals surface area contributed by atoms with Crippen LogP contribution in [0.2, 0.25) is 0 Å². The van der Waals surface area contributed by atoms with E-state index in [1.54, 1.807) is 6.08 Å². The van der Waals surface area contributed by atoms with Crippen molar-refractivity contribution in [3.63, 3.8) is 0 Å². The lowest BCUT2D eigenvalue weighted by Gasteiger charge is -2.07. The summed E-state index contributed by atoms with van der Waals surface area (Å²) >= 11 is 0. The van der Waals surface area contributed by atoms with Crippen molar-refractivity contribution in [2.75, 3.05) is 0 Å². The van der Waals surface area contributed by atoms with Gasteiger partial charge in [0.2, 0.25) is 0 Å². The Morgan fingerprint density at radius 2 is 1.69 bits per heavy atom. The van der Waals surface area contributed by atoms with Gasteiger partial charge in [0.25, 0.3) is 0 Å². The first-order valence-corrected chi connectivity index (χ1v) is 5.32. The number of hydrogen-bond donors (Lipinski definition) is 0. The molecule has 0 aliphatic carbocycles. The Bertz CT molecular complexity index is 527. The molecule has 0 unspecified atom stereocenters. The van der Waals surface area contributed by atoms with Crippen molar-refractivity contribution < 1.29 is 0 Å². The molecule has 80 valence electrons. The SMILES string of the molecule is C=Cc1cc2cc(C)c(C)cc2nc1C=C. The van der Waals surface area contributed by atoms with Crippen LogP contribution < -0.4 is 0 Å². The molecule has 0 bridgehead atoms. The number of aryl methyl sites for hydroxylation is 2. The van der Waals surface area contributed by atoms with Gasteiger partial charge in [-0.05, 0) is 49.2 Å². The summed E-state index contributed by atoms with van der Waals surface area (Å²) in [6.45, 7) is 11.8. The normalized spacial score (nSPS) is 10.4. The van der Waals surface area contributed by atoms with Gasteiger partial charge in [0.1, 0.15) is 0 Å². The van der Waals surface area contributed by atoms with Crippen LogP contribution in [-0.4, -0.2) is 4.98 Å². The molecular weight excluding hydrogens is 194 g/mol. The van der Waals surface area contributed by atoms with Gasteiger partial charge in [-0.2, -0.15) is 0 Å². The molecule has 1 nitrogen and oxygen atoms in total. The molecule has 1 heterocycles. The summed E-state index contributed by atoms with van der Waals surface area (Å²) in [5.74, 6) is 0. The highest BCUT2D eigenvalue weighted by Crippen LogP contribution is 2.22. The van der Waals surface area contributed by atoms with Crippen LogP contribution in [0.5, 0.6) is 0 Å². The van der Waals surface area contributed by atoms with E-state index in [-0.39, 0.29) is 0 Å². The molecule has 0 amide bonds. The van der Waals surface area contributed by atoms with E-state index in [0.717, 1.165) is 22.2 Å². The van der Waals surface area contributed by atoms with E-state index >= 15 is 0 Å². The summed E-state index contributed by atoms with van der Waals surface area (Å²) in [5.41, 5.74) is 5.50. The predicted molar refractivity (Wildman–Crippen MR) is 71.4 cm³/mol. The minimum atomic E-state index is 0.894. The van der Waals surface area contributed by atoms with E-state index < -0.39 is 0 Å². The Labute approximate surface area is 96.1 Å². The van der Waals surface area contributed by atoms with Crippen molar-refractivity contribution >= 4 is 23.1 Å². The average Bonchev–Trinajstić information content (AvgIpc) is 2.29. The van der Waals surface area contributed by atoms with Crippen LogP contribution in [0.4, 0.5) is 0 Å². The van der Waals surface area contributed by atoms with Crippen molar-refractivity contribution in [1.29, 1.82) is 0 Å². The second-order valence-corrected chi connectivity index (χ2v) is 4.00. The third-order valence-electron chi connectivity index (χ3n) is 2.90. The van der Waals surface area contributed by atoms with E-state index in [0.29, 0.717) is 0 Å². The van der Waals surface area contributed by atoms with Gasteiger partial charge in [-0.15, -0.1) is 0 Å². The van der Waals surface area contributed by atoms with E-state index in [1.807, 2.05) is 6.08 Å². The quantitative estimate of drug-likeness (QED) is 0.724. The molecule has 0 radical (unpaired) electrons. The van der Waals surface area contributed by atoms with Gasteiger partial charge in [-0.3, -0.25) is 0 Å². The van der Waals surface area contributed by atoms with Gasteiger partial charge in [-0.25, -0.2) is 4.98 Å². The van der Waals surface area contributed by atoms with Gasteiger partial charge in [0, 0.05) is 10.9 Å². The lowest BCUT2D eigenvalue weighted by atomic mass is 10.0. The van der Waals surface area contributed by atoms with Crippen molar-refractivity contribution in [3.05, 3.63) is 53.7 Å². The Morgan fingerprint density at radius 1 is 1.00 bits per heavy atom. The lowest BCUT2D eigenvalue weighted by molar-refractivity contribution is 1.31. The number of hydrogen-bond acceptors (Lipinski definition) is 1. The minimum absolute atomic E-state index is 0.894. The highest BCUT2D eigenvalue weighted by molar-refractivity contribution is 5.84. The summed E-state index contributed by atoms with van der Waals surface area (Å²) in [4.78, 5) is 4.58. The van der Waals surface area contributed by atoms with Crippen molar-refractivity contribution in [1.82, 2.24) is 4.98 Å². The third-order valence-corrected chi connectivity index (χ3v) is 2.90. The van der Waals surface area contributed by atoms with E-state index in [4.69, 9.17) is 0 Å². The molecule has 0 atom stereocenters. The average molecular weight is 209 g/mol. The fourth-order valence-electron chi connectivity index (χ4n) is 1.80. The van der Waals surface area contributed by atoms with Crippen LogP contribution in [0.25, 0.3) is 23.1 Å². The van der Waals surface area contributed by atoms with Gasteiger partial charge < -0.3 is 0 Å². The molecule has 1 aromatic heterocycles. The van der Waals surface area contributed by atoms with E-state index in [1.165, 1.54) is 11.1 Å². The molecule has 1 aromatic carbocycles. The molecule has 0 fully saturated rings. The molecule has 0 saturated carbocycles. The number of rotatable bonds is 2. The van der Waals surface area contributed by atoms with Crippen LogP contribution in [0.15, 0.2) is 31.4 Å². The fourth-order valence-corrected chi connectivity index (χ4v) is 1.80. The first kappa shape index (κ1) is 10.6. The van der Waals surface area contributed by atoms with Gasteiger partial charge >= 0.3 is 0 Å². The van der Waals surface area contributed by atoms with Crippen molar-refractivity contribution in [3.8, 4) is 0 Å². The standard InChI is InChI=1S/C15H15N/c1-5-12-9-13-7-10(3)11(4)8-15(13)16-14(12)6-2/h5-9H,1-2H2,3-4H3. The second-order valence-electron chi connectivity index (χ2n) is 4.00. The molecule has 0 spiro atoms. The maximum absolute atomic E-state index is 4.58. The molecular formula is C15H15N. The third kappa shape index (κ3) is 1.65. The highest BCUT2D eigenvalue weighted by Gasteiger charge is 2.03. The van der Waals surface area contributed by atoms with Crippen LogP contribution in [0.1, 0.15) is 22.4 Å². The fraction of sp³-hybridized carbons (Fsp3) is 0.133. The van der Waals surface area contributed by atoms with Crippen LogP contribution in [0.3, 0.4) is 0 Å². The topological polar surface area (TPSA) is 12.9 Å². The molecule has 0 saturated heterocycles. The van der Waals surface area contributed by atoms with Crippen LogP contribution in [0, 0.1) is 13.8 Å². The Balaban J connectivity index is 2.83. The highest BCUT2D eigenvalue weighted by atomic mass is 14.7. The first-order chi connectivity index (χ1) is 7.65. The zero-order chi connectivity index (χ0) is 11.7. The van der Waals surface area contributed by atoms with Gasteiger partial charge in [-0.1, -0.05) is 19.2 Å². The van der Waals surface area contributed by atoms with Crippen molar-refractivity contribution in [2.24, 2.45) is 0 Å². The Kier molecular flexibility index (Phi) is 2.61. The maximum atomic E-state index is 4.58. The lowest BCUT2D eigenvalue weighted by Crippen LogP contribution is -1.90. The summed E-state index contributed by atoms with van der Waals surface area (Å²) in [6, 6.07) is 6.39. The molecule has 0 aliphatic rings. The summed E-state index contributed by atoms with van der Waals surface area (Å²) in [7, 11) is 0. The molecule has 2 aromatic rings. The molecule has 0 N–H and O–H groups in total. The van der Waals surface area contributed by atoms with Crippen molar-refractivity contribution in [2.45, 2.75) is 13.8 Å². The Morgan fingerprint density at radius 3 is 2.31 bits per heavy atom. The summed E-state index contributed by atoms with van der Waals surface area (Å²) < 4.78 is 0. The minimum Gasteiger partial charge on any atom is -0.248 e. The first-order valence-electron chi connectivity index (χ1n) is 5.32. The predicted octanol–water partition coefficient (Wildman–Crippen LogP) is 4.14. The zero-order valence-electron chi connectivity index (χ0n) is 9.75. The second kappa shape index (κ2) is 3.93. The number of nitrogens with zero attached hydrogens (tertiary/aromatic N) is 1. The summed E-state index contributed by atoms with van der Waals surface area (Å²) in [6.07, 6.45) is 3.59. The molecule has 2 rings (SSSR count). The smallest absolute Gasteiger partial charge is 0.0712 e. The van der Waals surface area contributed by atoms with Crippen LogP contribution in [-0.2, 0) is 0 Å². The number of benzene rings is 1. The number of pyridine rings is 1. The maximum Gasteiger partial charge on any atom is 0.0712 e. The van der Waals surface area contributed by atoms with E-state index in [2.05, 4.69) is 50.2 Å². The largest absolute Gasteiger partial charge is 0.248 e. The van der Waals surface area contributed by atoms with Gasteiger partial charge in [0.05, 0.1) is 11.2 Å². The molecule has 16 heavy (non-hydrogen) atoms. The van der Waals surface area contributed by atoms with Gasteiger partial charge in [0.15, 0.2) is 0 Å².